The zero-order valence-electron chi connectivity index (χ0n) is 12.2. The van der Waals surface area contributed by atoms with E-state index in [0.717, 1.165) is 48.7 Å². The molecule has 1 heterocycles. The Balaban J connectivity index is 1.86. The number of aromatic amines is 1. The van der Waals surface area contributed by atoms with Crippen molar-refractivity contribution in [2.24, 2.45) is 5.14 Å². The standard InChI is InChI=1S/C15H20N4O2S/c16-22-18-7-2-1-3-13(10-20)19-15(21)12-5-4-11-6-8-17-14(11)9-12/h4-6,8-10,13,17-18H,1-3,7,16H2,(H,19,21). The molecule has 1 aromatic heterocycles. The van der Waals surface area contributed by atoms with Crippen molar-refractivity contribution in [2.75, 3.05) is 6.54 Å². The summed E-state index contributed by atoms with van der Waals surface area (Å²) in [7, 11) is 0. The van der Waals surface area contributed by atoms with Crippen LogP contribution in [-0.4, -0.2) is 29.8 Å². The molecule has 0 aliphatic heterocycles. The van der Waals surface area contributed by atoms with Crippen LogP contribution in [0.15, 0.2) is 30.5 Å². The molecular weight excluding hydrogens is 300 g/mol. The smallest absolute Gasteiger partial charge is 0.251 e. The molecule has 2 rings (SSSR count). The number of rotatable bonds is 9. The Morgan fingerprint density at radius 1 is 1.36 bits per heavy atom. The number of H-pyrrole nitrogens is 1. The van der Waals surface area contributed by atoms with Crippen LogP contribution in [0.3, 0.4) is 0 Å². The highest BCUT2D eigenvalue weighted by molar-refractivity contribution is 7.95. The number of nitrogens with one attached hydrogen (secondary N) is 3. The van der Waals surface area contributed by atoms with Gasteiger partial charge in [0.25, 0.3) is 5.91 Å². The second-order valence-electron chi connectivity index (χ2n) is 5.00. The topological polar surface area (TPSA) is 100 Å². The highest BCUT2D eigenvalue weighted by Gasteiger charge is 2.13. The molecule has 1 unspecified atom stereocenters. The first kappa shape index (κ1) is 16.5. The maximum absolute atomic E-state index is 12.2. The third-order valence-corrected chi connectivity index (χ3v) is 3.80. The number of aromatic nitrogens is 1. The summed E-state index contributed by atoms with van der Waals surface area (Å²) in [5.74, 6) is -0.232. The van der Waals surface area contributed by atoms with Crippen LogP contribution in [0.2, 0.25) is 0 Å². The predicted molar refractivity (Wildman–Crippen MR) is 89.2 cm³/mol. The molecule has 1 aromatic carbocycles. The summed E-state index contributed by atoms with van der Waals surface area (Å²) in [4.78, 5) is 26.4. The van der Waals surface area contributed by atoms with E-state index < -0.39 is 6.04 Å². The lowest BCUT2D eigenvalue weighted by molar-refractivity contribution is -0.109. The highest BCUT2D eigenvalue weighted by Crippen LogP contribution is 2.14. The van der Waals surface area contributed by atoms with Gasteiger partial charge in [-0.2, -0.15) is 0 Å². The number of hydrogen-bond acceptors (Lipinski definition) is 5. The number of fused-ring (bicyclic) bond motifs is 1. The molecule has 118 valence electrons. The van der Waals surface area contributed by atoms with Gasteiger partial charge in [-0.15, -0.1) is 0 Å². The minimum Gasteiger partial charge on any atom is -0.361 e. The maximum atomic E-state index is 12.2. The van der Waals surface area contributed by atoms with Crippen LogP contribution >= 0.6 is 12.1 Å². The number of aldehydes is 1. The van der Waals surface area contributed by atoms with Crippen molar-refractivity contribution in [3.8, 4) is 0 Å². The summed E-state index contributed by atoms with van der Waals surface area (Å²) in [5.41, 5.74) is 1.45. The maximum Gasteiger partial charge on any atom is 0.251 e. The Kier molecular flexibility index (Phi) is 6.45. The lowest BCUT2D eigenvalue weighted by Crippen LogP contribution is -2.36. The summed E-state index contributed by atoms with van der Waals surface area (Å²) in [6, 6.07) is 6.91. The molecular formula is C15H20N4O2S. The number of amides is 1. The van der Waals surface area contributed by atoms with E-state index >= 15 is 0 Å². The quantitative estimate of drug-likeness (QED) is 0.320. The first-order chi connectivity index (χ1) is 10.7. The summed E-state index contributed by atoms with van der Waals surface area (Å²) in [6.07, 6.45) is 4.98. The van der Waals surface area contributed by atoms with Gasteiger partial charge in [0.05, 0.1) is 6.04 Å². The van der Waals surface area contributed by atoms with Crippen molar-refractivity contribution in [1.82, 2.24) is 15.0 Å². The van der Waals surface area contributed by atoms with E-state index in [4.69, 9.17) is 5.14 Å². The molecule has 0 fully saturated rings. The third kappa shape index (κ3) is 4.59. The van der Waals surface area contributed by atoms with Crippen LogP contribution in [0.4, 0.5) is 0 Å². The lowest BCUT2D eigenvalue weighted by Gasteiger charge is -2.12. The molecule has 0 aliphatic rings. The van der Waals surface area contributed by atoms with E-state index in [1.54, 1.807) is 12.1 Å². The SMILES string of the molecule is NSNCCCCC(C=O)NC(=O)c1ccc2cc[nH]c2c1. The van der Waals surface area contributed by atoms with Crippen LogP contribution in [0.1, 0.15) is 29.6 Å². The van der Waals surface area contributed by atoms with E-state index in [0.29, 0.717) is 12.0 Å². The number of carbonyl (C=O) groups is 2. The number of unbranched alkanes of at least 4 members (excludes halogenated alkanes) is 1. The van der Waals surface area contributed by atoms with Crippen molar-refractivity contribution >= 4 is 35.2 Å². The number of nitrogens with two attached hydrogens (primary N) is 1. The van der Waals surface area contributed by atoms with Crippen molar-refractivity contribution in [2.45, 2.75) is 25.3 Å². The zero-order chi connectivity index (χ0) is 15.8. The Hall–Kier alpha value is -1.83. The molecule has 0 radical (unpaired) electrons. The zero-order valence-corrected chi connectivity index (χ0v) is 13.0. The molecule has 0 bridgehead atoms. The fourth-order valence-electron chi connectivity index (χ4n) is 2.24. The Bertz CT molecular complexity index is 629. The van der Waals surface area contributed by atoms with Crippen LogP contribution in [0.25, 0.3) is 10.9 Å². The van der Waals surface area contributed by atoms with Gasteiger partial charge in [0, 0.05) is 36.0 Å². The average Bonchev–Trinajstić information content (AvgIpc) is 3.00. The van der Waals surface area contributed by atoms with Gasteiger partial charge in [0.2, 0.25) is 0 Å². The monoisotopic (exact) mass is 320 g/mol. The minimum absolute atomic E-state index is 0.232. The van der Waals surface area contributed by atoms with Crippen LogP contribution in [-0.2, 0) is 4.79 Å². The van der Waals surface area contributed by atoms with Crippen molar-refractivity contribution in [3.63, 3.8) is 0 Å². The minimum atomic E-state index is -0.461. The van der Waals surface area contributed by atoms with Gasteiger partial charge in [-0.3, -0.25) is 14.7 Å². The summed E-state index contributed by atoms with van der Waals surface area (Å²) < 4.78 is 2.94. The molecule has 1 amide bonds. The van der Waals surface area contributed by atoms with E-state index in [9.17, 15) is 9.59 Å². The molecule has 0 spiro atoms. The number of hydrogen-bond donors (Lipinski definition) is 4. The second kappa shape index (κ2) is 8.57. The normalized spacial score (nSPS) is 12.2. The first-order valence-electron chi connectivity index (χ1n) is 7.16. The van der Waals surface area contributed by atoms with E-state index in [2.05, 4.69) is 15.0 Å². The third-order valence-electron chi connectivity index (χ3n) is 3.43. The summed E-state index contributed by atoms with van der Waals surface area (Å²) >= 11 is 1.08. The molecule has 0 saturated heterocycles. The largest absolute Gasteiger partial charge is 0.361 e. The molecule has 0 aliphatic carbocycles. The van der Waals surface area contributed by atoms with Gasteiger partial charge in [-0.25, -0.2) is 0 Å². The van der Waals surface area contributed by atoms with Gasteiger partial charge < -0.3 is 15.1 Å². The fourth-order valence-corrected chi connectivity index (χ4v) is 2.50. The molecule has 6 nitrogen and oxygen atoms in total. The van der Waals surface area contributed by atoms with Gasteiger partial charge in [0.15, 0.2) is 0 Å². The number of carbonyl (C=O) groups excluding carboxylic acids is 2. The lowest BCUT2D eigenvalue weighted by atomic mass is 10.1. The van der Waals surface area contributed by atoms with Crippen molar-refractivity contribution in [3.05, 3.63) is 36.0 Å². The van der Waals surface area contributed by atoms with Crippen LogP contribution in [0.5, 0.6) is 0 Å². The Morgan fingerprint density at radius 3 is 3.00 bits per heavy atom. The van der Waals surface area contributed by atoms with E-state index in [-0.39, 0.29) is 5.91 Å². The van der Waals surface area contributed by atoms with E-state index in [1.807, 2.05) is 18.3 Å². The molecule has 2 aromatic rings. The Labute approximate surface area is 133 Å². The number of benzene rings is 1. The van der Waals surface area contributed by atoms with Gasteiger partial charge in [-0.1, -0.05) is 6.07 Å². The first-order valence-corrected chi connectivity index (χ1v) is 8.04. The molecule has 1 atom stereocenters. The van der Waals surface area contributed by atoms with Gasteiger partial charge in [-0.05, 0) is 42.8 Å². The van der Waals surface area contributed by atoms with E-state index in [1.165, 1.54) is 0 Å². The van der Waals surface area contributed by atoms with Gasteiger partial charge >= 0.3 is 0 Å². The van der Waals surface area contributed by atoms with Crippen molar-refractivity contribution in [1.29, 1.82) is 0 Å². The van der Waals surface area contributed by atoms with Crippen LogP contribution < -0.4 is 15.2 Å². The molecule has 0 saturated carbocycles. The summed E-state index contributed by atoms with van der Waals surface area (Å²) in [5, 5.41) is 9.06. The average molecular weight is 320 g/mol. The van der Waals surface area contributed by atoms with Gasteiger partial charge in [0.1, 0.15) is 6.29 Å². The van der Waals surface area contributed by atoms with Crippen molar-refractivity contribution < 1.29 is 9.59 Å². The molecule has 7 heteroatoms. The molecule has 5 N–H and O–H groups in total. The predicted octanol–water partition coefficient (Wildman–Crippen LogP) is 1.75. The fraction of sp³-hybridized carbons (Fsp3) is 0.333. The van der Waals surface area contributed by atoms with Crippen LogP contribution in [0, 0.1) is 0 Å². The summed E-state index contributed by atoms with van der Waals surface area (Å²) in [6.45, 7) is 0.782. The highest BCUT2D eigenvalue weighted by atomic mass is 32.2. The molecule has 22 heavy (non-hydrogen) atoms. The second-order valence-corrected chi connectivity index (χ2v) is 5.53. The Morgan fingerprint density at radius 2 is 2.23 bits per heavy atom.